The van der Waals surface area contributed by atoms with E-state index in [0.29, 0.717) is 12.6 Å². The highest BCUT2D eigenvalue weighted by molar-refractivity contribution is 8.01. The molecule has 5 nitrogen and oxygen atoms in total. The normalized spacial score (nSPS) is 21.3. The van der Waals surface area contributed by atoms with E-state index in [2.05, 4.69) is 43.1 Å². The van der Waals surface area contributed by atoms with Crippen LogP contribution in [0.2, 0.25) is 0 Å². The minimum atomic E-state index is -0.726. The minimum absolute atomic E-state index is 0. The second kappa shape index (κ2) is 12.5. The number of ether oxygens (including phenoxy) is 1. The van der Waals surface area contributed by atoms with Crippen molar-refractivity contribution in [3.63, 3.8) is 0 Å². The number of hydrogen-bond acceptors (Lipinski definition) is 5. The lowest BCUT2D eigenvalue weighted by Gasteiger charge is -2.44. The van der Waals surface area contributed by atoms with Gasteiger partial charge in [-0.15, -0.1) is 36.6 Å². The van der Waals surface area contributed by atoms with Gasteiger partial charge in [0, 0.05) is 49.7 Å². The van der Waals surface area contributed by atoms with Crippen molar-refractivity contribution >= 4 is 48.2 Å². The smallest absolute Gasteiger partial charge is 0.248 e. The van der Waals surface area contributed by atoms with E-state index in [0.717, 1.165) is 54.5 Å². The number of rotatable bonds is 7. The van der Waals surface area contributed by atoms with Crippen LogP contribution in [0.15, 0.2) is 53.4 Å². The molecule has 34 heavy (non-hydrogen) atoms. The molecule has 8 heteroatoms. The molecule has 2 aromatic carbocycles. The molecule has 1 saturated heterocycles. The highest BCUT2D eigenvalue weighted by Gasteiger charge is 2.51. The largest absolute Gasteiger partial charge is 0.492 e. The second-order valence-corrected chi connectivity index (χ2v) is 10.3. The molecule has 0 spiro atoms. The van der Waals surface area contributed by atoms with Crippen LogP contribution in [-0.4, -0.2) is 56.7 Å². The minimum Gasteiger partial charge on any atom is -0.492 e. The molecule has 0 aliphatic carbocycles. The third-order valence-electron chi connectivity index (χ3n) is 6.79. The van der Waals surface area contributed by atoms with Crippen LogP contribution in [0.5, 0.6) is 5.75 Å². The third kappa shape index (κ3) is 5.36. The predicted octanol–water partition coefficient (Wildman–Crippen LogP) is 5.21. The Kier molecular flexibility index (Phi) is 10.6. The number of amides is 1. The molecular formula is C26H37Cl2N3O2S. The van der Waals surface area contributed by atoms with Crippen molar-refractivity contribution in [2.75, 3.05) is 44.7 Å². The molecule has 2 heterocycles. The fraction of sp³-hybridized carbons (Fsp3) is 0.500. The first kappa shape index (κ1) is 28.8. The van der Waals surface area contributed by atoms with Crippen LogP contribution < -0.4 is 15.0 Å². The fourth-order valence-corrected chi connectivity index (χ4v) is 6.40. The first-order valence-electron chi connectivity index (χ1n) is 11.7. The first-order valence-corrected chi connectivity index (χ1v) is 12.5. The molecule has 4 rings (SSSR count). The summed E-state index contributed by atoms with van der Waals surface area (Å²) in [4.78, 5) is 19.3. The zero-order chi connectivity index (χ0) is 22.7. The van der Waals surface area contributed by atoms with Gasteiger partial charge in [0.1, 0.15) is 17.1 Å². The lowest BCUT2D eigenvalue weighted by molar-refractivity contribution is -0.122. The summed E-state index contributed by atoms with van der Waals surface area (Å²) in [5.41, 5.74) is 1.95. The lowest BCUT2D eigenvalue weighted by Crippen LogP contribution is -2.50. The summed E-state index contributed by atoms with van der Waals surface area (Å²) in [5.74, 6) is 1.03. The Bertz CT molecular complexity index is 955. The van der Waals surface area contributed by atoms with Gasteiger partial charge in [-0.05, 0) is 30.5 Å². The van der Waals surface area contributed by atoms with Crippen LogP contribution >= 0.6 is 36.6 Å². The van der Waals surface area contributed by atoms with Crippen molar-refractivity contribution < 1.29 is 9.53 Å². The number of carbonyl (C=O) groups is 1. The molecule has 1 fully saturated rings. The maximum absolute atomic E-state index is 13.9. The Morgan fingerprint density at radius 3 is 2.38 bits per heavy atom. The van der Waals surface area contributed by atoms with Crippen molar-refractivity contribution in [1.82, 2.24) is 10.2 Å². The van der Waals surface area contributed by atoms with Gasteiger partial charge in [-0.1, -0.05) is 51.1 Å². The zero-order valence-electron chi connectivity index (χ0n) is 20.5. The van der Waals surface area contributed by atoms with Gasteiger partial charge in [-0.25, -0.2) is 0 Å². The molecule has 0 bridgehead atoms. The van der Waals surface area contributed by atoms with Crippen molar-refractivity contribution in [2.24, 2.45) is 5.92 Å². The summed E-state index contributed by atoms with van der Waals surface area (Å²) in [6.07, 6.45) is 1.04. The molecule has 0 saturated carbocycles. The summed E-state index contributed by atoms with van der Waals surface area (Å²) in [5, 5.41) is 3.43. The van der Waals surface area contributed by atoms with Crippen molar-refractivity contribution in [1.29, 1.82) is 0 Å². The van der Waals surface area contributed by atoms with Crippen LogP contribution in [0.25, 0.3) is 0 Å². The number of hydrogen-bond donors (Lipinski definition) is 1. The molecular weight excluding hydrogens is 489 g/mol. The molecule has 2 aliphatic rings. The van der Waals surface area contributed by atoms with Gasteiger partial charge >= 0.3 is 0 Å². The number of anilines is 1. The van der Waals surface area contributed by atoms with E-state index in [4.69, 9.17) is 4.74 Å². The van der Waals surface area contributed by atoms with Crippen molar-refractivity contribution in [3.05, 3.63) is 54.1 Å². The summed E-state index contributed by atoms with van der Waals surface area (Å²) in [6, 6.07) is 16.7. The van der Waals surface area contributed by atoms with Gasteiger partial charge < -0.3 is 15.0 Å². The van der Waals surface area contributed by atoms with Gasteiger partial charge in [0.25, 0.3) is 0 Å². The van der Waals surface area contributed by atoms with Crippen molar-refractivity contribution in [2.45, 2.75) is 42.9 Å². The summed E-state index contributed by atoms with van der Waals surface area (Å²) >= 11 is 1.67. The Morgan fingerprint density at radius 1 is 1.06 bits per heavy atom. The summed E-state index contributed by atoms with van der Waals surface area (Å²) in [6.45, 7) is 11.3. The summed E-state index contributed by atoms with van der Waals surface area (Å²) < 4.78 is 5.77. The first-order chi connectivity index (χ1) is 15.5. The van der Waals surface area contributed by atoms with E-state index in [1.807, 2.05) is 48.3 Å². The van der Waals surface area contributed by atoms with Gasteiger partial charge in [0.05, 0.1) is 5.69 Å². The number of para-hydroxylation sites is 2. The van der Waals surface area contributed by atoms with Gasteiger partial charge in [0.2, 0.25) is 5.91 Å². The fourth-order valence-electron chi connectivity index (χ4n) is 4.86. The SMILES string of the molecule is CCC(COc1ccccc1C1(C(C)C)Sc2ccccc2N(C)C1=O)N1CCNCC1.Cl.Cl. The van der Waals surface area contributed by atoms with Crippen LogP contribution in [0.1, 0.15) is 32.8 Å². The Balaban J connectivity index is 0.00000204. The standard InChI is InChI=1S/C26H35N3O2S.2ClH/c1-5-20(29-16-14-27-15-17-29)18-31-23-12-8-6-10-21(23)26(19(2)3)25(30)28(4)22-11-7-9-13-24(22)32-26;;/h6-13,19-20,27H,5,14-18H2,1-4H3;2*1H. The Labute approximate surface area is 220 Å². The predicted molar refractivity (Wildman–Crippen MR) is 147 cm³/mol. The number of piperazine rings is 1. The molecule has 1 N–H and O–H groups in total. The number of thioether (sulfide) groups is 1. The topological polar surface area (TPSA) is 44.8 Å². The Morgan fingerprint density at radius 2 is 1.71 bits per heavy atom. The molecule has 2 aliphatic heterocycles. The highest BCUT2D eigenvalue weighted by atomic mass is 35.5. The monoisotopic (exact) mass is 525 g/mol. The number of benzene rings is 2. The van der Waals surface area contributed by atoms with Crippen molar-refractivity contribution in [3.8, 4) is 5.75 Å². The van der Waals surface area contributed by atoms with Gasteiger partial charge in [0.15, 0.2) is 0 Å². The van der Waals surface area contributed by atoms with E-state index in [1.54, 1.807) is 11.8 Å². The molecule has 2 atom stereocenters. The number of likely N-dealkylation sites (N-methyl/N-ethyl adjacent to an activating group) is 1. The van der Waals surface area contributed by atoms with E-state index in [1.165, 1.54) is 0 Å². The molecule has 188 valence electrons. The number of fused-ring (bicyclic) bond motifs is 1. The van der Waals surface area contributed by atoms with E-state index < -0.39 is 4.75 Å². The Hall–Kier alpha value is -1.44. The lowest BCUT2D eigenvalue weighted by atomic mass is 9.85. The zero-order valence-corrected chi connectivity index (χ0v) is 22.9. The van der Waals surface area contributed by atoms with Crippen LogP contribution in [0.4, 0.5) is 5.69 Å². The molecule has 0 radical (unpaired) electrons. The maximum Gasteiger partial charge on any atom is 0.248 e. The highest BCUT2D eigenvalue weighted by Crippen LogP contribution is 2.56. The second-order valence-electron chi connectivity index (χ2n) is 8.98. The number of carbonyl (C=O) groups excluding carboxylic acids is 1. The number of nitrogens with zero attached hydrogens (tertiary/aromatic N) is 2. The van der Waals surface area contributed by atoms with Crippen LogP contribution in [0.3, 0.4) is 0 Å². The molecule has 0 aromatic heterocycles. The average molecular weight is 527 g/mol. The van der Waals surface area contributed by atoms with Gasteiger partial charge in [-0.2, -0.15) is 0 Å². The quantitative estimate of drug-likeness (QED) is 0.537. The third-order valence-corrected chi connectivity index (χ3v) is 8.54. The molecule has 2 aromatic rings. The molecule has 2 unspecified atom stereocenters. The molecule has 1 amide bonds. The van der Waals surface area contributed by atoms with Crippen LogP contribution in [0, 0.1) is 5.92 Å². The van der Waals surface area contributed by atoms with E-state index in [-0.39, 0.29) is 36.6 Å². The van der Waals surface area contributed by atoms with E-state index >= 15 is 0 Å². The number of halogens is 2. The van der Waals surface area contributed by atoms with Gasteiger partial charge in [-0.3, -0.25) is 9.69 Å². The van der Waals surface area contributed by atoms with Crippen LogP contribution in [-0.2, 0) is 9.54 Å². The summed E-state index contributed by atoms with van der Waals surface area (Å²) in [7, 11) is 1.89. The average Bonchev–Trinajstić information content (AvgIpc) is 2.83. The number of nitrogens with one attached hydrogen (secondary N) is 1. The van der Waals surface area contributed by atoms with E-state index in [9.17, 15) is 4.79 Å². The maximum atomic E-state index is 13.9.